The van der Waals surface area contributed by atoms with Crippen molar-refractivity contribution in [2.45, 2.75) is 18.8 Å². The highest BCUT2D eigenvalue weighted by Crippen LogP contribution is 2.14. The van der Waals surface area contributed by atoms with Crippen LogP contribution in [-0.2, 0) is 6.54 Å². The van der Waals surface area contributed by atoms with Crippen LogP contribution in [0.4, 0.5) is 0 Å². The molecule has 1 aliphatic rings. The molecule has 0 radical (unpaired) electrons. The van der Waals surface area contributed by atoms with E-state index in [0.29, 0.717) is 19.6 Å². The molecule has 2 rings (SSSR count). The number of carboxylic acids is 1. The van der Waals surface area contributed by atoms with E-state index in [1.54, 1.807) is 24.3 Å². The zero-order chi connectivity index (χ0) is 12.4. The third-order valence-electron chi connectivity index (χ3n) is 2.94. The Balaban J connectivity index is 1.98. The molecule has 1 fully saturated rings. The van der Waals surface area contributed by atoms with Gasteiger partial charge in [-0.15, -0.1) is 0 Å². The molecule has 2 atom stereocenters. The van der Waals surface area contributed by atoms with E-state index in [2.05, 4.69) is 0 Å². The Bertz CT molecular complexity index is 393. The van der Waals surface area contributed by atoms with Crippen LogP contribution >= 0.6 is 0 Å². The zero-order valence-corrected chi connectivity index (χ0v) is 9.28. The van der Waals surface area contributed by atoms with Crippen molar-refractivity contribution >= 4 is 5.97 Å². The van der Waals surface area contributed by atoms with Crippen LogP contribution in [0.25, 0.3) is 0 Å². The number of aliphatic hydroxyl groups is 2. The number of rotatable bonds is 3. The van der Waals surface area contributed by atoms with Gasteiger partial charge in [0.15, 0.2) is 0 Å². The van der Waals surface area contributed by atoms with E-state index in [4.69, 9.17) is 5.11 Å². The second-order valence-electron chi connectivity index (χ2n) is 4.33. The van der Waals surface area contributed by atoms with Crippen molar-refractivity contribution in [3.05, 3.63) is 35.4 Å². The zero-order valence-electron chi connectivity index (χ0n) is 9.28. The molecule has 17 heavy (non-hydrogen) atoms. The van der Waals surface area contributed by atoms with Crippen molar-refractivity contribution in [1.29, 1.82) is 0 Å². The number of benzene rings is 1. The average Bonchev–Trinajstić information content (AvgIpc) is 2.58. The van der Waals surface area contributed by atoms with Gasteiger partial charge < -0.3 is 15.3 Å². The highest BCUT2D eigenvalue weighted by atomic mass is 16.4. The smallest absolute Gasteiger partial charge is 0.335 e. The van der Waals surface area contributed by atoms with Gasteiger partial charge in [0.05, 0.1) is 17.8 Å². The molecule has 3 N–H and O–H groups in total. The van der Waals surface area contributed by atoms with E-state index in [9.17, 15) is 15.0 Å². The molecular formula is C12H15NO4. The number of carboxylic acid groups (broad SMARTS) is 1. The molecule has 1 aromatic carbocycles. The molecule has 0 bridgehead atoms. The summed E-state index contributed by atoms with van der Waals surface area (Å²) in [6, 6.07) is 6.61. The molecule has 0 aromatic heterocycles. The Morgan fingerprint density at radius 1 is 1.18 bits per heavy atom. The fraction of sp³-hybridized carbons (Fsp3) is 0.417. The molecule has 1 aliphatic heterocycles. The van der Waals surface area contributed by atoms with Crippen molar-refractivity contribution in [3.8, 4) is 0 Å². The van der Waals surface area contributed by atoms with Crippen molar-refractivity contribution in [1.82, 2.24) is 4.90 Å². The number of nitrogens with zero attached hydrogens (tertiary/aromatic N) is 1. The number of carbonyl (C=O) groups is 1. The normalized spacial score (nSPS) is 25.1. The molecule has 5 heteroatoms. The van der Waals surface area contributed by atoms with Crippen LogP contribution < -0.4 is 0 Å². The van der Waals surface area contributed by atoms with Gasteiger partial charge in [-0.2, -0.15) is 0 Å². The van der Waals surface area contributed by atoms with Crippen molar-refractivity contribution in [2.75, 3.05) is 13.1 Å². The topological polar surface area (TPSA) is 81.0 Å². The molecule has 5 nitrogen and oxygen atoms in total. The van der Waals surface area contributed by atoms with Gasteiger partial charge in [0.2, 0.25) is 0 Å². The van der Waals surface area contributed by atoms with Crippen LogP contribution in [0.2, 0.25) is 0 Å². The summed E-state index contributed by atoms with van der Waals surface area (Å²) in [5.41, 5.74) is 1.23. The molecule has 1 saturated heterocycles. The Kier molecular flexibility index (Phi) is 3.42. The first-order valence-corrected chi connectivity index (χ1v) is 5.47. The van der Waals surface area contributed by atoms with Gasteiger partial charge in [0.1, 0.15) is 0 Å². The standard InChI is InChI=1S/C12H15NO4/c14-10-6-13(7-11(10)15)5-8-1-3-9(4-2-8)12(16)17/h1-4,10-11,14-15H,5-7H2,(H,16,17)/t10-,11+. The minimum atomic E-state index is -0.941. The van der Waals surface area contributed by atoms with Gasteiger partial charge in [-0.05, 0) is 17.7 Å². The number of β-amino-alcohol motifs (C(OH)–C–C–N with tert-alkyl or cyclic N) is 2. The predicted octanol–water partition coefficient (Wildman–Crippen LogP) is -0.0778. The molecule has 0 aliphatic carbocycles. The fourth-order valence-electron chi connectivity index (χ4n) is 1.99. The van der Waals surface area contributed by atoms with E-state index >= 15 is 0 Å². The maximum absolute atomic E-state index is 10.7. The first-order chi connectivity index (χ1) is 8.06. The van der Waals surface area contributed by atoms with Crippen LogP contribution in [0, 0.1) is 0 Å². The molecule has 1 heterocycles. The van der Waals surface area contributed by atoms with Crippen molar-refractivity contribution < 1.29 is 20.1 Å². The number of hydrogen-bond acceptors (Lipinski definition) is 4. The van der Waals surface area contributed by atoms with Gasteiger partial charge in [-0.3, -0.25) is 4.90 Å². The Labute approximate surface area is 98.9 Å². The van der Waals surface area contributed by atoms with Crippen LogP contribution in [0.5, 0.6) is 0 Å². The summed E-state index contributed by atoms with van der Waals surface area (Å²) in [6.07, 6.45) is -1.37. The second kappa shape index (κ2) is 4.83. The number of hydrogen-bond donors (Lipinski definition) is 3. The predicted molar refractivity (Wildman–Crippen MR) is 60.7 cm³/mol. The molecule has 92 valence electrons. The first kappa shape index (κ1) is 12.0. The van der Waals surface area contributed by atoms with E-state index in [1.165, 1.54) is 0 Å². The fourth-order valence-corrected chi connectivity index (χ4v) is 1.99. The van der Waals surface area contributed by atoms with Crippen LogP contribution in [0.1, 0.15) is 15.9 Å². The van der Waals surface area contributed by atoms with Gasteiger partial charge in [0, 0.05) is 19.6 Å². The third kappa shape index (κ3) is 2.82. The monoisotopic (exact) mass is 237 g/mol. The lowest BCUT2D eigenvalue weighted by molar-refractivity contribution is 0.0572. The quantitative estimate of drug-likeness (QED) is 0.685. The van der Waals surface area contributed by atoms with Gasteiger partial charge >= 0.3 is 5.97 Å². The first-order valence-electron chi connectivity index (χ1n) is 5.47. The Hall–Kier alpha value is -1.43. The lowest BCUT2D eigenvalue weighted by Crippen LogP contribution is -2.22. The van der Waals surface area contributed by atoms with Gasteiger partial charge in [-0.25, -0.2) is 4.79 Å². The van der Waals surface area contributed by atoms with E-state index in [-0.39, 0.29) is 5.56 Å². The molecule has 0 amide bonds. The Morgan fingerprint density at radius 3 is 2.18 bits per heavy atom. The Morgan fingerprint density at radius 2 is 1.71 bits per heavy atom. The van der Waals surface area contributed by atoms with Crippen LogP contribution in [0.15, 0.2) is 24.3 Å². The highest BCUT2D eigenvalue weighted by molar-refractivity contribution is 5.87. The molecular weight excluding hydrogens is 222 g/mol. The summed E-state index contributed by atoms with van der Waals surface area (Å²) in [7, 11) is 0. The summed E-state index contributed by atoms with van der Waals surface area (Å²) in [6.45, 7) is 1.50. The molecule has 1 aromatic rings. The minimum absolute atomic E-state index is 0.259. The number of aromatic carboxylic acids is 1. The minimum Gasteiger partial charge on any atom is -0.478 e. The summed E-state index contributed by atoms with van der Waals surface area (Å²) in [5.74, 6) is -0.941. The van der Waals surface area contributed by atoms with Crippen molar-refractivity contribution in [2.24, 2.45) is 0 Å². The van der Waals surface area contributed by atoms with E-state index < -0.39 is 18.2 Å². The van der Waals surface area contributed by atoms with Crippen LogP contribution in [0.3, 0.4) is 0 Å². The lowest BCUT2D eigenvalue weighted by atomic mass is 10.1. The maximum atomic E-state index is 10.7. The van der Waals surface area contributed by atoms with Crippen molar-refractivity contribution in [3.63, 3.8) is 0 Å². The maximum Gasteiger partial charge on any atom is 0.335 e. The number of aliphatic hydroxyl groups excluding tert-OH is 2. The summed E-state index contributed by atoms with van der Waals surface area (Å²) in [5, 5.41) is 27.5. The summed E-state index contributed by atoms with van der Waals surface area (Å²) < 4.78 is 0. The van der Waals surface area contributed by atoms with Crippen LogP contribution in [-0.4, -0.2) is 51.5 Å². The third-order valence-corrected chi connectivity index (χ3v) is 2.94. The molecule has 0 saturated carbocycles. The van der Waals surface area contributed by atoms with Gasteiger partial charge in [0.25, 0.3) is 0 Å². The largest absolute Gasteiger partial charge is 0.478 e. The van der Waals surface area contributed by atoms with E-state index in [1.807, 2.05) is 4.90 Å². The highest BCUT2D eigenvalue weighted by Gasteiger charge is 2.29. The summed E-state index contributed by atoms with van der Waals surface area (Å²) >= 11 is 0. The van der Waals surface area contributed by atoms with Gasteiger partial charge in [-0.1, -0.05) is 12.1 Å². The lowest BCUT2D eigenvalue weighted by Gasteiger charge is -2.14. The van der Waals surface area contributed by atoms with E-state index in [0.717, 1.165) is 5.56 Å². The SMILES string of the molecule is O=C(O)c1ccc(CN2C[C@@H](O)[C@@H](O)C2)cc1. The second-order valence-corrected chi connectivity index (χ2v) is 4.33. The number of likely N-dealkylation sites (tertiary alicyclic amines) is 1. The summed E-state index contributed by atoms with van der Waals surface area (Å²) in [4.78, 5) is 12.6. The average molecular weight is 237 g/mol. The molecule has 0 unspecified atom stereocenters. The molecule has 0 spiro atoms.